The average molecular weight is 400 g/mol. The molecule has 0 saturated heterocycles. The molecule has 1 N–H and O–H groups in total. The van der Waals surface area contributed by atoms with Crippen molar-refractivity contribution in [1.29, 1.82) is 0 Å². The molecule has 3 rings (SSSR count). The van der Waals surface area contributed by atoms with Gasteiger partial charge in [0.25, 0.3) is 5.91 Å². The second-order valence-corrected chi connectivity index (χ2v) is 8.58. The third-order valence-corrected chi connectivity index (χ3v) is 6.07. The van der Waals surface area contributed by atoms with Gasteiger partial charge in [-0.15, -0.1) is 11.3 Å². The van der Waals surface area contributed by atoms with Crippen LogP contribution in [0.5, 0.6) is 0 Å². The Morgan fingerprint density at radius 1 is 1.07 bits per heavy atom. The van der Waals surface area contributed by atoms with Crippen molar-refractivity contribution in [3.8, 4) is 0 Å². The maximum atomic E-state index is 14.4. The number of nitrogens with one attached hydrogen (secondary N) is 1. The molecule has 0 aliphatic carbocycles. The summed E-state index contributed by atoms with van der Waals surface area (Å²) in [5.74, 6) is -0.00690. The number of thiophene rings is 1. The van der Waals surface area contributed by atoms with Gasteiger partial charge in [0.2, 0.25) is 0 Å². The van der Waals surface area contributed by atoms with Gasteiger partial charge < -0.3 is 10.1 Å². The zero-order valence-corrected chi connectivity index (χ0v) is 17.7. The van der Waals surface area contributed by atoms with Crippen LogP contribution in [0.4, 0.5) is 10.1 Å². The topological polar surface area (TPSA) is 38.3 Å². The van der Waals surface area contributed by atoms with E-state index >= 15 is 0 Å². The molecule has 148 valence electrons. The quantitative estimate of drug-likeness (QED) is 0.502. The van der Waals surface area contributed by atoms with Gasteiger partial charge in [-0.05, 0) is 35.1 Å². The number of carbonyl (C=O) groups is 1. The van der Waals surface area contributed by atoms with Crippen molar-refractivity contribution in [2.45, 2.75) is 46.1 Å². The molecule has 28 heavy (non-hydrogen) atoms. The predicted octanol–water partition coefficient (Wildman–Crippen LogP) is 6.69. The molecule has 0 atom stereocenters. The largest absolute Gasteiger partial charge is 0.380 e. The van der Waals surface area contributed by atoms with Gasteiger partial charge in [0, 0.05) is 28.4 Å². The summed E-state index contributed by atoms with van der Waals surface area (Å²) in [5.41, 5.74) is 3.66. The molecule has 3 nitrogen and oxygen atoms in total. The van der Waals surface area contributed by atoms with E-state index in [-0.39, 0.29) is 30.2 Å². The lowest BCUT2D eigenvalue weighted by Gasteiger charge is -2.20. The molecule has 5 heteroatoms. The smallest absolute Gasteiger partial charge is 0.266 e. The fourth-order valence-corrected chi connectivity index (χ4v) is 4.62. The third-order valence-electron chi connectivity index (χ3n) is 4.87. The molecular formula is C23H26FNO2S. The molecule has 0 saturated carbocycles. The van der Waals surface area contributed by atoms with Crippen molar-refractivity contribution in [2.24, 2.45) is 0 Å². The van der Waals surface area contributed by atoms with Gasteiger partial charge in [-0.25, -0.2) is 4.39 Å². The van der Waals surface area contributed by atoms with Crippen molar-refractivity contribution < 1.29 is 13.9 Å². The normalized spacial score (nSPS) is 11.6. The molecule has 3 aromatic rings. The molecule has 1 heterocycles. The molecule has 0 aliphatic heterocycles. The summed E-state index contributed by atoms with van der Waals surface area (Å²) < 4.78 is 20.5. The van der Waals surface area contributed by atoms with E-state index in [1.54, 1.807) is 13.2 Å². The minimum Gasteiger partial charge on any atom is -0.380 e. The van der Waals surface area contributed by atoms with E-state index in [1.807, 2.05) is 24.3 Å². The highest BCUT2D eigenvalue weighted by Gasteiger charge is 2.23. The first kappa shape index (κ1) is 20.5. The average Bonchev–Trinajstić information content (AvgIpc) is 3.02. The van der Waals surface area contributed by atoms with Crippen LogP contribution in [0, 0.1) is 5.82 Å². The van der Waals surface area contributed by atoms with Crippen molar-refractivity contribution in [3.05, 3.63) is 63.8 Å². The van der Waals surface area contributed by atoms with Crippen LogP contribution in [0.2, 0.25) is 0 Å². The highest BCUT2D eigenvalue weighted by atomic mass is 32.1. The molecule has 0 unspecified atom stereocenters. The van der Waals surface area contributed by atoms with E-state index in [0.717, 1.165) is 21.5 Å². The number of fused-ring (bicyclic) bond motifs is 1. The Kier molecular flexibility index (Phi) is 6.16. The fourth-order valence-electron chi connectivity index (χ4n) is 3.50. The summed E-state index contributed by atoms with van der Waals surface area (Å²) in [4.78, 5) is 13.8. The number of hydrogen-bond donors (Lipinski definition) is 1. The number of rotatable bonds is 6. The number of para-hydroxylation sites is 1. The summed E-state index contributed by atoms with van der Waals surface area (Å²) in [6.07, 6.45) is 0. The highest BCUT2D eigenvalue weighted by Crippen LogP contribution is 2.36. The number of amides is 1. The van der Waals surface area contributed by atoms with Crippen LogP contribution in [0.1, 0.15) is 65.9 Å². The lowest BCUT2D eigenvalue weighted by molar-refractivity contribution is 0.102. The first-order valence-electron chi connectivity index (χ1n) is 9.48. The minimum atomic E-state index is -0.328. The van der Waals surface area contributed by atoms with Gasteiger partial charge in [-0.3, -0.25) is 4.79 Å². The molecular weight excluding hydrogens is 373 g/mol. The zero-order valence-electron chi connectivity index (χ0n) is 16.9. The first-order chi connectivity index (χ1) is 13.3. The molecule has 0 fully saturated rings. The summed E-state index contributed by atoms with van der Waals surface area (Å²) in [5, 5.41) is 3.60. The van der Waals surface area contributed by atoms with E-state index < -0.39 is 0 Å². The highest BCUT2D eigenvalue weighted by molar-refractivity contribution is 7.21. The van der Waals surface area contributed by atoms with Gasteiger partial charge in [0.1, 0.15) is 5.82 Å². The van der Waals surface area contributed by atoms with Gasteiger partial charge in [0.15, 0.2) is 0 Å². The van der Waals surface area contributed by atoms with E-state index in [4.69, 9.17) is 4.74 Å². The predicted molar refractivity (Wildman–Crippen MR) is 115 cm³/mol. The Hall–Kier alpha value is -2.24. The second kappa shape index (κ2) is 8.41. The second-order valence-electron chi connectivity index (χ2n) is 7.53. The van der Waals surface area contributed by atoms with E-state index in [9.17, 15) is 9.18 Å². The maximum absolute atomic E-state index is 14.4. The molecule has 0 bridgehead atoms. The van der Waals surface area contributed by atoms with Crippen LogP contribution in [-0.2, 0) is 11.3 Å². The Balaban J connectivity index is 2.10. The van der Waals surface area contributed by atoms with Crippen LogP contribution in [-0.4, -0.2) is 13.0 Å². The van der Waals surface area contributed by atoms with Gasteiger partial charge in [-0.2, -0.15) is 0 Å². The van der Waals surface area contributed by atoms with Gasteiger partial charge in [0.05, 0.1) is 11.5 Å². The van der Waals surface area contributed by atoms with Crippen molar-refractivity contribution >= 4 is 33.0 Å². The third kappa shape index (κ3) is 3.82. The Labute approximate surface area is 169 Å². The number of anilines is 1. The monoisotopic (exact) mass is 399 g/mol. The minimum absolute atomic E-state index is 0.187. The molecule has 2 aromatic carbocycles. The van der Waals surface area contributed by atoms with Crippen molar-refractivity contribution in [3.63, 3.8) is 0 Å². The lowest BCUT2D eigenvalue weighted by Crippen LogP contribution is -2.16. The number of halogens is 1. The van der Waals surface area contributed by atoms with Crippen LogP contribution in [0.3, 0.4) is 0 Å². The maximum Gasteiger partial charge on any atom is 0.266 e. The van der Waals surface area contributed by atoms with Crippen LogP contribution in [0.15, 0.2) is 36.4 Å². The van der Waals surface area contributed by atoms with E-state index in [1.165, 1.54) is 17.4 Å². The number of hydrogen-bond acceptors (Lipinski definition) is 3. The zero-order chi connectivity index (χ0) is 20.4. The molecule has 0 radical (unpaired) electrons. The number of ether oxygens (including phenoxy) is 1. The summed E-state index contributed by atoms with van der Waals surface area (Å²) in [6, 6.07) is 11.0. The number of methoxy groups -OCH3 is 1. The SMILES string of the molecule is COCc1c(C(=O)Nc2c(C(C)C)cccc2C(C)C)sc2cccc(F)c12. The molecule has 0 aliphatic rings. The standard InChI is InChI=1S/C23H26FNO2S/c1-13(2)15-8-6-9-16(14(3)4)21(15)25-23(26)22-17(12-27-5)20-18(24)10-7-11-19(20)28-22/h6-11,13-14H,12H2,1-5H3,(H,25,26). The van der Waals surface area contributed by atoms with Crippen LogP contribution in [0.25, 0.3) is 10.1 Å². The summed E-state index contributed by atoms with van der Waals surface area (Å²) in [6.45, 7) is 8.63. The van der Waals surface area contributed by atoms with E-state index in [0.29, 0.717) is 15.8 Å². The lowest BCUT2D eigenvalue weighted by atomic mass is 9.92. The molecule has 1 amide bonds. The fraction of sp³-hybridized carbons (Fsp3) is 0.348. The van der Waals surface area contributed by atoms with Crippen LogP contribution < -0.4 is 5.32 Å². The van der Waals surface area contributed by atoms with Crippen LogP contribution >= 0.6 is 11.3 Å². The first-order valence-corrected chi connectivity index (χ1v) is 10.3. The van der Waals surface area contributed by atoms with Gasteiger partial charge >= 0.3 is 0 Å². The van der Waals surface area contributed by atoms with E-state index in [2.05, 4.69) is 33.0 Å². The van der Waals surface area contributed by atoms with Crippen molar-refractivity contribution in [2.75, 3.05) is 12.4 Å². The summed E-state index contributed by atoms with van der Waals surface area (Å²) in [7, 11) is 1.55. The number of carbonyl (C=O) groups excluding carboxylic acids is 1. The number of benzene rings is 2. The molecule has 0 spiro atoms. The van der Waals surface area contributed by atoms with Gasteiger partial charge in [-0.1, -0.05) is 52.0 Å². The molecule has 1 aromatic heterocycles. The summed E-state index contributed by atoms with van der Waals surface area (Å²) >= 11 is 1.30. The Morgan fingerprint density at radius 3 is 2.25 bits per heavy atom. The Bertz CT molecular complexity index is 981. The Morgan fingerprint density at radius 2 is 1.68 bits per heavy atom. The van der Waals surface area contributed by atoms with Crippen molar-refractivity contribution in [1.82, 2.24) is 0 Å².